The standard InChI is InChI=1S/C29H40N4O4S/c1-6-22(30-27(36)37-28(2,3)4)23(34)19-21(14-13-20-11-8-7-9-12-20)15-16-24(35)31-26-33-32-25(38-26)29(5)17-10-18-29/h7-9,11-12,15-16,21-22H,6,10,13-14,17-19H2,1-5H3,(H,30,36)(H,31,33,35)/b16-15+/t21-,22-/m0/s1. The Morgan fingerprint density at radius 3 is 2.47 bits per heavy atom. The highest BCUT2D eigenvalue weighted by molar-refractivity contribution is 7.15. The minimum Gasteiger partial charge on any atom is -0.444 e. The molecular formula is C29H40N4O4S. The minimum atomic E-state index is -0.654. The number of carbonyl (C=O) groups excluding carboxylic acids is 3. The number of aryl methyl sites for hydroxylation is 1. The molecule has 2 amide bonds. The van der Waals surface area contributed by atoms with E-state index in [4.69, 9.17) is 4.74 Å². The molecule has 2 aromatic rings. The van der Waals surface area contributed by atoms with Crippen LogP contribution in [0.15, 0.2) is 42.5 Å². The third-order valence-corrected chi connectivity index (χ3v) is 7.89. The number of Topliss-reactive ketones (excluding diaryl/α,β-unsaturated/α-hetero) is 1. The molecular weight excluding hydrogens is 500 g/mol. The first-order valence-electron chi connectivity index (χ1n) is 13.4. The Balaban J connectivity index is 1.63. The number of carbonyl (C=O) groups is 3. The number of benzene rings is 1. The zero-order chi connectivity index (χ0) is 27.8. The van der Waals surface area contributed by atoms with Gasteiger partial charge in [0.1, 0.15) is 10.6 Å². The number of anilines is 1. The molecule has 1 fully saturated rings. The summed E-state index contributed by atoms with van der Waals surface area (Å²) in [6.07, 6.45) is 8.11. The molecule has 8 nitrogen and oxygen atoms in total. The van der Waals surface area contributed by atoms with E-state index in [1.807, 2.05) is 37.3 Å². The molecule has 2 N–H and O–H groups in total. The van der Waals surface area contributed by atoms with Gasteiger partial charge in [-0.15, -0.1) is 10.2 Å². The van der Waals surface area contributed by atoms with Crippen LogP contribution in [0, 0.1) is 5.92 Å². The van der Waals surface area contributed by atoms with Gasteiger partial charge in [-0.3, -0.25) is 14.9 Å². The van der Waals surface area contributed by atoms with E-state index in [1.165, 1.54) is 23.8 Å². The molecule has 0 aliphatic heterocycles. The van der Waals surface area contributed by atoms with Gasteiger partial charge in [-0.1, -0.05) is 68.0 Å². The third kappa shape index (κ3) is 9.04. The molecule has 0 unspecified atom stereocenters. The molecule has 0 bridgehead atoms. The Morgan fingerprint density at radius 1 is 1.16 bits per heavy atom. The number of hydrogen-bond donors (Lipinski definition) is 2. The summed E-state index contributed by atoms with van der Waals surface area (Å²) >= 11 is 1.42. The minimum absolute atomic E-state index is 0.0720. The van der Waals surface area contributed by atoms with Gasteiger partial charge in [0, 0.05) is 11.8 Å². The predicted molar refractivity (Wildman–Crippen MR) is 150 cm³/mol. The summed E-state index contributed by atoms with van der Waals surface area (Å²) in [7, 11) is 0. The number of nitrogens with zero attached hydrogens (tertiary/aromatic N) is 2. The van der Waals surface area contributed by atoms with E-state index >= 15 is 0 Å². The number of rotatable bonds is 12. The largest absolute Gasteiger partial charge is 0.444 e. The zero-order valence-corrected chi connectivity index (χ0v) is 23.9. The van der Waals surface area contributed by atoms with Crippen LogP contribution >= 0.6 is 11.3 Å². The number of nitrogens with one attached hydrogen (secondary N) is 2. The molecule has 0 radical (unpaired) electrons. The highest BCUT2D eigenvalue weighted by Crippen LogP contribution is 2.44. The second kappa shape index (κ2) is 13.1. The molecule has 0 spiro atoms. The van der Waals surface area contributed by atoms with Crippen LogP contribution in [0.25, 0.3) is 0 Å². The van der Waals surface area contributed by atoms with Crippen molar-refractivity contribution >= 4 is 34.3 Å². The van der Waals surface area contributed by atoms with E-state index in [0.29, 0.717) is 18.0 Å². The smallest absolute Gasteiger partial charge is 0.408 e. The second-order valence-corrected chi connectivity index (χ2v) is 12.2. The second-order valence-electron chi connectivity index (χ2n) is 11.2. The van der Waals surface area contributed by atoms with Crippen LogP contribution in [-0.4, -0.2) is 39.6 Å². The lowest BCUT2D eigenvalue weighted by Crippen LogP contribution is -2.43. The first kappa shape index (κ1) is 29.5. The van der Waals surface area contributed by atoms with Gasteiger partial charge >= 0.3 is 6.09 Å². The maximum Gasteiger partial charge on any atom is 0.408 e. The number of aromatic nitrogens is 2. The molecule has 9 heteroatoms. The number of ether oxygens (including phenoxy) is 1. The molecule has 1 aromatic carbocycles. The Kier molecular flexibility index (Phi) is 10.2. The lowest BCUT2D eigenvalue weighted by atomic mass is 9.71. The third-order valence-electron chi connectivity index (χ3n) is 6.75. The average Bonchev–Trinajstić information content (AvgIpc) is 3.30. The molecule has 1 heterocycles. The van der Waals surface area contributed by atoms with Crippen molar-refractivity contribution in [3.63, 3.8) is 0 Å². The average molecular weight is 541 g/mol. The van der Waals surface area contributed by atoms with Crippen LogP contribution in [0.1, 0.15) is 83.7 Å². The molecule has 1 aliphatic rings. The molecule has 1 aliphatic carbocycles. The normalized spacial score (nSPS) is 16.3. The molecule has 1 aromatic heterocycles. The number of amides is 2. The molecule has 1 saturated carbocycles. The quantitative estimate of drug-likeness (QED) is 0.320. The lowest BCUT2D eigenvalue weighted by molar-refractivity contribution is -0.122. The Labute approximate surface area is 229 Å². The van der Waals surface area contributed by atoms with Gasteiger partial charge in [-0.2, -0.15) is 0 Å². The summed E-state index contributed by atoms with van der Waals surface area (Å²) in [5.74, 6) is -0.576. The van der Waals surface area contributed by atoms with E-state index in [9.17, 15) is 14.4 Å². The Morgan fingerprint density at radius 2 is 1.87 bits per heavy atom. The predicted octanol–water partition coefficient (Wildman–Crippen LogP) is 5.99. The van der Waals surface area contributed by atoms with Crippen LogP contribution in [0.2, 0.25) is 0 Å². The number of alkyl carbamates (subject to hydrolysis) is 1. The summed E-state index contributed by atoms with van der Waals surface area (Å²) in [5, 5.41) is 15.4. The van der Waals surface area contributed by atoms with E-state index in [0.717, 1.165) is 29.8 Å². The highest BCUT2D eigenvalue weighted by atomic mass is 32.1. The highest BCUT2D eigenvalue weighted by Gasteiger charge is 2.37. The van der Waals surface area contributed by atoms with E-state index in [2.05, 4.69) is 27.8 Å². The van der Waals surface area contributed by atoms with Gasteiger partial charge in [-0.05, 0) is 70.4 Å². The van der Waals surface area contributed by atoms with Crippen LogP contribution < -0.4 is 10.6 Å². The summed E-state index contributed by atoms with van der Waals surface area (Å²) < 4.78 is 5.32. The van der Waals surface area contributed by atoms with Gasteiger partial charge in [0.25, 0.3) is 0 Å². The van der Waals surface area contributed by atoms with E-state index < -0.39 is 17.7 Å². The Hall–Kier alpha value is -3.07. The molecule has 38 heavy (non-hydrogen) atoms. The van der Waals surface area contributed by atoms with Gasteiger partial charge < -0.3 is 10.1 Å². The molecule has 3 rings (SSSR count). The van der Waals surface area contributed by atoms with Gasteiger partial charge in [0.2, 0.25) is 11.0 Å². The lowest BCUT2D eigenvalue weighted by Gasteiger charge is -2.35. The van der Waals surface area contributed by atoms with Crippen molar-refractivity contribution in [1.82, 2.24) is 15.5 Å². The summed E-state index contributed by atoms with van der Waals surface area (Å²) in [4.78, 5) is 38.1. The first-order valence-corrected chi connectivity index (χ1v) is 14.2. The summed E-state index contributed by atoms with van der Waals surface area (Å²) in [6, 6.07) is 9.37. The van der Waals surface area contributed by atoms with Crippen molar-refractivity contribution in [2.24, 2.45) is 5.92 Å². The zero-order valence-electron chi connectivity index (χ0n) is 23.1. The summed E-state index contributed by atoms with van der Waals surface area (Å²) in [6.45, 7) is 9.36. The monoisotopic (exact) mass is 540 g/mol. The molecule has 0 saturated heterocycles. The fourth-order valence-corrected chi connectivity index (χ4v) is 5.28. The van der Waals surface area contributed by atoms with Crippen LogP contribution in [0.3, 0.4) is 0 Å². The number of ketones is 1. The maximum atomic E-state index is 13.1. The van der Waals surface area contributed by atoms with Crippen molar-refractivity contribution in [2.45, 2.75) is 96.6 Å². The molecule has 2 atom stereocenters. The van der Waals surface area contributed by atoms with Gasteiger partial charge in [-0.25, -0.2) is 4.79 Å². The number of allylic oxidation sites excluding steroid dienone is 1. The summed E-state index contributed by atoms with van der Waals surface area (Å²) in [5.41, 5.74) is 0.582. The number of hydrogen-bond acceptors (Lipinski definition) is 7. The van der Waals surface area contributed by atoms with Crippen molar-refractivity contribution in [3.05, 3.63) is 53.1 Å². The fraction of sp³-hybridized carbons (Fsp3) is 0.552. The van der Waals surface area contributed by atoms with Gasteiger partial charge in [0.05, 0.1) is 6.04 Å². The SMILES string of the molecule is CC[C@H](NC(=O)OC(C)(C)C)C(=O)C[C@H](/C=C/C(=O)Nc1nnc(C2(C)CCC2)s1)CCc1ccccc1. The van der Waals surface area contributed by atoms with Crippen LogP contribution in [0.4, 0.5) is 9.93 Å². The van der Waals surface area contributed by atoms with E-state index in [1.54, 1.807) is 26.8 Å². The first-order chi connectivity index (χ1) is 18.0. The molecule has 206 valence electrons. The Bertz CT molecular complexity index is 1120. The van der Waals surface area contributed by atoms with Crippen LogP contribution in [-0.2, 0) is 26.2 Å². The van der Waals surface area contributed by atoms with Crippen LogP contribution in [0.5, 0.6) is 0 Å². The fourth-order valence-electron chi connectivity index (χ4n) is 4.33. The topological polar surface area (TPSA) is 110 Å². The van der Waals surface area contributed by atoms with Crippen molar-refractivity contribution < 1.29 is 19.1 Å². The van der Waals surface area contributed by atoms with E-state index in [-0.39, 0.29) is 29.4 Å². The van der Waals surface area contributed by atoms with Gasteiger partial charge in [0.15, 0.2) is 5.78 Å². The van der Waals surface area contributed by atoms with Crippen molar-refractivity contribution in [1.29, 1.82) is 0 Å². The van der Waals surface area contributed by atoms with Crippen molar-refractivity contribution in [2.75, 3.05) is 5.32 Å². The maximum absolute atomic E-state index is 13.1. The van der Waals surface area contributed by atoms with Crippen molar-refractivity contribution in [3.8, 4) is 0 Å².